The van der Waals surface area contributed by atoms with Gasteiger partial charge in [-0.1, -0.05) is 12.1 Å². The van der Waals surface area contributed by atoms with Crippen LogP contribution in [0.4, 0.5) is 0 Å². The Labute approximate surface area is 121 Å². The van der Waals surface area contributed by atoms with E-state index in [1.54, 1.807) is 31.3 Å². The van der Waals surface area contributed by atoms with Gasteiger partial charge in [-0.25, -0.2) is 0 Å². The van der Waals surface area contributed by atoms with Gasteiger partial charge in [-0.3, -0.25) is 14.4 Å². The van der Waals surface area contributed by atoms with Crippen molar-refractivity contribution in [3.05, 3.63) is 69.6 Å². The van der Waals surface area contributed by atoms with E-state index < -0.39 is 5.91 Å². The van der Waals surface area contributed by atoms with E-state index in [-0.39, 0.29) is 23.4 Å². The summed E-state index contributed by atoms with van der Waals surface area (Å²) in [7, 11) is 1.56. The second kappa shape index (κ2) is 6.51. The van der Waals surface area contributed by atoms with E-state index in [1.165, 1.54) is 18.5 Å². The smallest absolute Gasteiger partial charge is 0.257 e. The van der Waals surface area contributed by atoms with Gasteiger partial charge < -0.3 is 15.6 Å². The second-order valence-electron chi connectivity index (χ2n) is 4.38. The van der Waals surface area contributed by atoms with Crippen molar-refractivity contribution in [2.75, 3.05) is 7.05 Å². The minimum Gasteiger partial charge on any atom is -0.367 e. The van der Waals surface area contributed by atoms with Gasteiger partial charge >= 0.3 is 0 Å². The molecule has 0 aliphatic rings. The highest BCUT2D eigenvalue weighted by molar-refractivity contribution is 5.94. The number of benzene rings is 1. The molecule has 2 aromatic rings. The van der Waals surface area contributed by atoms with E-state index in [4.69, 9.17) is 0 Å². The fourth-order valence-electron chi connectivity index (χ4n) is 1.79. The standard InChI is InChI=1S/C15H15N3O3/c1-16-14(20)11-4-2-10(3-5-11)8-18-15(21)12-9-17-7-6-13(12)19/h2-7,9H,8H2,1H3,(H,16,20)(H,17,19)(H,18,21). The first-order valence-corrected chi connectivity index (χ1v) is 6.38. The Bertz CT molecular complexity index is 705. The van der Waals surface area contributed by atoms with Gasteiger partial charge in [0.25, 0.3) is 11.8 Å². The highest BCUT2D eigenvalue weighted by Crippen LogP contribution is 2.04. The van der Waals surface area contributed by atoms with Crippen molar-refractivity contribution in [2.24, 2.45) is 0 Å². The van der Waals surface area contributed by atoms with E-state index in [9.17, 15) is 14.4 Å². The van der Waals surface area contributed by atoms with Crippen molar-refractivity contribution in [3.8, 4) is 0 Å². The lowest BCUT2D eigenvalue weighted by Crippen LogP contribution is -2.28. The third-order valence-electron chi connectivity index (χ3n) is 2.96. The Hall–Kier alpha value is -2.89. The lowest BCUT2D eigenvalue weighted by Gasteiger charge is -2.06. The Morgan fingerprint density at radius 1 is 1.10 bits per heavy atom. The number of aromatic nitrogens is 1. The number of nitrogens with one attached hydrogen (secondary N) is 3. The van der Waals surface area contributed by atoms with Crippen molar-refractivity contribution in [1.82, 2.24) is 15.6 Å². The van der Waals surface area contributed by atoms with Crippen LogP contribution in [0.3, 0.4) is 0 Å². The average molecular weight is 285 g/mol. The highest BCUT2D eigenvalue weighted by Gasteiger charge is 2.09. The van der Waals surface area contributed by atoms with Crippen molar-refractivity contribution < 1.29 is 9.59 Å². The average Bonchev–Trinajstić information content (AvgIpc) is 2.52. The molecule has 2 rings (SSSR count). The zero-order valence-electron chi connectivity index (χ0n) is 11.5. The molecule has 21 heavy (non-hydrogen) atoms. The molecule has 6 heteroatoms. The lowest BCUT2D eigenvalue weighted by molar-refractivity contribution is 0.0945. The Morgan fingerprint density at radius 2 is 1.81 bits per heavy atom. The molecule has 2 amide bonds. The van der Waals surface area contributed by atoms with Crippen LogP contribution in [0.25, 0.3) is 0 Å². The topological polar surface area (TPSA) is 91.1 Å². The van der Waals surface area contributed by atoms with Crippen LogP contribution in [0, 0.1) is 0 Å². The summed E-state index contributed by atoms with van der Waals surface area (Å²) in [5, 5.41) is 5.19. The SMILES string of the molecule is CNC(=O)c1ccc(CNC(=O)c2c[nH]ccc2=O)cc1. The van der Waals surface area contributed by atoms with Crippen LogP contribution in [0.1, 0.15) is 26.3 Å². The Kier molecular flexibility index (Phi) is 4.50. The van der Waals surface area contributed by atoms with Crippen molar-refractivity contribution >= 4 is 11.8 Å². The summed E-state index contributed by atoms with van der Waals surface area (Å²) in [6.45, 7) is 0.279. The summed E-state index contributed by atoms with van der Waals surface area (Å²) in [5.41, 5.74) is 1.12. The molecule has 1 heterocycles. The van der Waals surface area contributed by atoms with E-state index >= 15 is 0 Å². The van der Waals surface area contributed by atoms with Crippen molar-refractivity contribution in [1.29, 1.82) is 0 Å². The molecular formula is C15H15N3O3. The zero-order chi connectivity index (χ0) is 15.2. The molecule has 108 valence electrons. The minimum atomic E-state index is -0.438. The summed E-state index contributed by atoms with van der Waals surface area (Å²) in [6, 6.07) is 8.15. The van der Waals surface area contributed by atoms with Crippen LogP contribution in [0.15, 0.2) is 47.5 Å². The Morgan fingerprint density at radius 3 is 2.43 bits per heavy atom. The van der Waals surface area contributed by atoms with Crippen LogP contribution in [0.2, 0.25) is 0 Å². The van der Waals surface area contributed by atoms with Gasteiger partial charge in [-0.05, 0) is 17.7 Å². The third-order valence-corrected chi connectivity index (χ3v) is 2.96. The molecule has 0 spiro atoms. The van der Waals surface area contributed by atoms with Crippen molar-refractivity contribution in [3.63, 3.8) is 0 Å². The van der Waals surface area contributed by atoms with E-state index in [0.717, 1.165) is 5.56 Å². The summed E-state index contributed by atoms with van der Waals surface area (Å²) in [4.78, 5) is 37.5. The van der Waals surface area contributed by atoms with Gasteiger partial charge in [0.2, 0.25) is 0 Å². The second-order valence-corrected chi connectivity index (χ2v) is 4.38. The van der Waals surface area contributed by atoms with Crippen LogP contribution in [-0.4, -0.2) is 23.8 Å². The minimum absolute atomic E-state index is 0.0690. The quantitative estimate of drug-likeness (QED) is 0.771. The molecule has 1 aromatic carbocycles. The van der Waals surface area contributed by atoms with Gasteiger partial charge in [0.1, 0.15) is 5.56 Å². The molecule has 0 saturated carbocycles. The molecule has 1 aromatic heterocycles. The molecule has 3 N–H and O–H groups in total. The van der Waals surface area contributed by atoms with Gasteiger partial charge in [0.05, 0.1) is 0 Å². The first-order valence-electron chi connectivity index (χ1n) is 6.38. The first-order chi connectivity index (χ1) is 10.1. The molecule has 0 bridgehead atoms. The largest absolute Gasteiger partial charge is 0.367 e. The van der Waals surface area contributed by atoms with Crippen LogP contribution in [-0.2, 0) is 6.54 Å². The van der Waals surface area contributed by atoms with E-state index in [1.807, 2.05) is 0 Å². The molecule has 6 nitrogen and oxygen atoms in total. The maximum Gasteiger partial charge on any atom is 0.257 e. The molecule has 0 unspecified atom stereocenters. The molecule has 0 fully saturated rings. The molecule has 0 atom stereocenters. The highest BCUT2D eigenvalue weighted by atomic mass is 16.2. The monoisotopic (exact) mass is 285 g/mol. The Balaban J connectivity index is 2.00. The summed E-state index contributed by atoms with van der Waals surface area (Å²) >= 11 is 0. The first kappa shape index (κ1) is 14.5. The normalized spacial score (nSPS) is 9.95. The van der Waals surface area contributed by atoms with E-state index in [2.05, 4.69) is 15.6 Å². The number of rotatable bonds is 4. The zero-order valence-corrected chi connectivity index (χ0v) is 11.5. The molecule has 0 saturated heterocycles. The molecule has 0 aliphatic heterocycles. The summed E-state index contributed by atoms with van der Waals surface area (Å²) < 4.78 is 0. The number of aromatic amines is 1. The van der Waals surface area contributed by atoms with Crippen LogP contribution < -0.4 is 16.1 Å². The predicted molar refractivity (Wildman–Crippen MR) is 78.1 cm³/mol. The predicted octanol–water partition coefficient (Wildman–Crippen LogP) is 0.664. The number of carbonyl (C=O) groups excluding carboxylic acids is 2. The fourth-order valence-corrected chi connectivity index (χ4v) is 1.79. The molecule has 0 aliphatic carbocycles. The summed E-state index contributed by atoms with van der Waals surface area (Å²) in [5.74, 6) is -0.603. The van der Waals surface area contributed by atoms with E-state index in [0.29, 0.717) is 5.56 Å². The van der Waals surface area contributed by atoms with Crippen molar-refractivity contribution in [2.45, 2.75) is 6.54 Å². The number of H-pyrrole nitrogens is 1. The summed E-state index contributed by atoms with van der Waals surface area (Å²) in [6.07, 6.45) is 2.84. The van der Waals surface area contributed by atoms with Gasteiger partial charge in [0, 0.05) is 37.6 Å². The molecule has 0 radical (unpaired) electrons. The maximum absolute atomic E-state index is 11.9. The van der Waals surface area contributed by atoms with Gasteiger partial charge in [-0.15, -0.1) is 0 Å². The molecular weight excluding hydrogens is 270 g/mol. The fraction of sp³-hybridized carbons (Fsp3) is 0.133. The van der Waals surface area contributed by atoms with Gasteiger partial charge in [-0.2, -0.15) is 0 Å². The lowest BCUT2D eigenvalue weighted by atomic mass is 10.1. The number of amides is 2. The number of hydrogen-bond acceptors (Lipinski definition) is 3. The van der Waals surface area contributed by atoms with Crippen LogP contribution in [0.5, 0.6) is 0 Å². The third kappa shape index (κ3) is 3.56. The van der Waals surface area contributed by atoms with Gasteiger partial charge in [0.15, 0.2) is 5.43 Å². The number of hydrogen-bond donors (Lipinski definition) is 3. The van der Waals surface area contributed by atoms with Crippen LogP contribution >= 0.6 is 0 Å². The number of carbonyl (C=O) groups is 2. The number of pyridine rings is 1. The maximum atomic E-state index is 11.9.